The van der Waals surface area contributed by atoms with E-state index in [9.17, 15) is 13.2 Å². The van der Waals surface area contributed by atoms with Gasteiger partial charge in [-0.25, -0.2) is 8.42 Å². The summed E-state index contributed by atoms with van der Waals surface area (Å²) >= 11 is 3.48. The average Bonchev–Trinajstić information content (AvgIpc) is 3.35. The van der Waals surface area contributed by atoms with Crippen LogP contribution < -0.4 is 0 Å². The first kappa shape index (κ1) is 31.1. The van der Waals surface area contributed by atoms with Crippen LogP contribution in [0.2, 0.25) is 0 Å². The van der Waals surface area contributed by atoms with Crippen molar-refractivity contribution in [3.8, 4) is 0 Å². The molecule has 1 amide bonds. The highest BCUT2D eigenvalue weighted by Gasteiger charge is 2.28. The molecule has 0 saturated carbocycles. The molecule has 0 aliphatic rings. The molecule has 0 aliphatic carbocycles. The predicted molar refractivity (Wildman–Crippen MR) is 159 cm³/mol. The summed E-state index contributed by atoms with van der Waals surface area (Å²) in [5.74, 6) is -0.202. The maximum Gasteiger partial charge on any atom is 0.243 e. The molecule has 7 nitrogen and oxygen atoms in total. The van der Waals surface area contributed by atoms with Crippen LogP contribution >= 0.6 is 15.9 Å². The second-order valence-corrected chi connectivity index (χ2v) is 12.5. The van der Waals surface area contributed by atoms with Crippen LogP contribution in [0.4, 0.5) is 0 Å². The van der Waals surface area contributed by atoms with Crippen molar-refractivity contribution < 1.29 is 17.9 Å². The second-order valence-electron chi connectivity index (χ2n) is 9.62. The lowest BCUT2D eigenvalue weighted by atomic mass is 10.2. The van der Waals surface area contributed by atoms with Crippen LogP contribution in [0.3, 0.4) is 0 Å². The topological polar surface area (TPSA) is 71.9 Å². The Balaban J connectivity index is 1.80. The van der Waals surface area contributed by atoms with Gasteiger partial charge in [-0.3, -0.25) is 4.79 Å². The van der Waals surface area contributed by atoms with E-state index >= 15 is 0 Å². The lowest BCUT2D eigenvalue weighted by molar-refractivity contribution is -0.132. The van der Waals surface area contributed by atoms with Gasteiger partial charge in [0.15, 0.2) is 0 Å². The summed E-state index contributed by atoms with van der Waals surface area (Å²) in [5, 5.41) is 0. The minimum absolute atomic E-state index is 0.195. The Morgan fingerprint density at radius 2 is 1.69 bits per heavy atom. The molecule has 0 radical (unpaired) electrons. The van der Waals surface area contributed by atoms with Crippen LogP contribution in [-0.2, 0) is 32.6 Å². The number of aryl methyl sites for hydroxylation is 1. The lowest BCUT2D eigenvalue weighted by Crippen LogP contribution is -2.43. The molecule has 0 spiro atoms. The number of carbonyl (C=O) groups is 1. The quantitative estimate of drug-likeness (QED) is 0.189. The lowest BCUT2D eigenvalue weighted by Gasteiger charge is -2.28. The molecule has 1 heterocycles. The smallest absolute Gasteiger partial charge is 0.243 e. The molecule has 3 rings (SSSR count). The van der Waals surface area contributed by atoms with Gasteiger partial charge in [0.05, 0.1) is 18.0 Å². The number of benzene rings is 2. The summed E-state index contributed by atoms with van der Waals surface area (Å²) in [7, 11) is -3.85. The Labute approximate surface area is 241 Å². The summed E-state index contributed by atoms with van der Waals surface area (Å²) in [5.41, 5.74) is 3.14. The van der Waals surface area contributed by atoms with Gasteiger partial charge in [-0.05, 0) is 68.7 Å². The molecular formula is C30H40BrN3O4S. The number of rotatable bonds is 16. The number of carbonyl (C=O) groups excluding carboxylic acids is 1. The van der Waals surface area contributed by atoms with Gasteiger partial charge in [-0.1, -0.05) is 59.1 Å². The molecule has 0 aliphatic heterocycles. The molecule has 9 heteroatoms. The van der Waals surface area contributed by atoms with Gasteiger partial charge in [0.2, 0.25) is 15.9 Å². The number of hydrogen-bond acceptors (Lipinski definition) is 4. The van der Waals surface area contributed by atoms with Crippen molar-refractivity contribution in [3.05, 3.63) is 88.2 Å². The van der Waals surface area contributed by atoms with Gasteiger partial charge in [0.25, 0.3) is 0 Å². The molecule has 0 unspecified atom stereocenters. The van der Waals surface area contributed by atoms with Gasteiger partial charge in [-0.2, -0.15) is 4.31 Å². The van der Waals surface area contributed by atoms with Gasteiger partial charge in [0, 0.05) is 49.2 Å². The number of halogens is 1. The normalized spacial score (nSPS) is 11.7. The van der Waals surface area contributed by atoms with Crippen LogP contribution in [0.1, 0.15) is 49.9 Å². The molecule has 0 saturated heterocycles. The van der Waals surface area contributed by atoms with E-state index in [1.54, 1.807) is 29.2 Å². The largest absolute Gasteiger partial charge is 0.382 e. The minimum Gasteiger partial charge on any atom is -0.382 e. The van der Waals surface area contributed by atoms with Crippen LogP contribution in [0, 0.1) is 6.92 Å². The number of amides is 1. The van der Waals surface area contributed by atoms with Crippen molar-refractivity contribution in [2.45, 2.75) is 58.0 Å². The molecular weight excluding hydrogens is 578 g/mol. The Hall–Kier alpha value is -2.46. The second kappa shape index (κ2) is 15.4. The SMILES string of the molecule is CCCCN(Cc1cccn1Cc1ccc(Br)cc1)C(=O)CN(CCCOCC)S(=O)(=O)c1ccc(C)cc1. The fourth-order valence-corrected chi connectivity index (χ4v) is 5.94. The zero-order valence-corrected chi connectivity index (χ0v) is 25.6. The van der Waals surface area contributed by atoms with Crippen molar-refractivity contribution in [3.63, 3.8) is 0 Å². The number of sulfonamides is 1. The predicted octanol–water partition coefficient (Wildman–Crippen LogP) is 5.85. The third kappa shape index (κ3) is 9.31. The van der Waals surface area contributed by atoms with Crippen molar-refractivity contribution in [2.24, 2.45) is 0 Å². The summed E-state index contributed by atoms with van der Waals surface area (Å²) in [6, 6.07) is 19.0. The van der Waals surface area contributed by atoms with E-state index < -0.39 is 10.0 Å². The molecule has 0 N–H and O–H groups in total. The third-order valence-electron chi connectivity index (χ3n) is 6.55. The molecule has 1 aromatic heterocycles. The Morgan fingerprint density at radius 1 is 0.974 bits per heavy atom. The summed E-state index contributed by atoms with van der Waals surface area (Å²) in [6.45, 7) is 8.58. The van der Waals surface area contributed by atoms with E-state index in [4.69, 9.17) is 4.74 Å². The standard InChI is InChI=1S/C30H40BrN3O4S/c1-4-6-18-33(23-28-9-7-19-32(28)22-26-12-14-27(31)15-13-26)30(35)24-34(20-8-21-38-5-2)39(36,37)29-16-10-25(3)11-17-29/h7,9-17,19H,4-6,8,18,20-24H2,1-3H3. The van der Waals surface area contributed by atoms with E-state index in [1.807, 2.05) is 44.3 Å². The van der Waals surface area contributed by atoms with E-state index in [0.717, 1.165) is 34.1 Å². The van der Waals surface area contributed by atoms with Crippen LogP contribution in [0.15, 0.2) is 76.2 Å². The zero-order chi connectivity index (χ0) is 28.3. The number of ether oxygens (including phenoxy) is 1. The van der Waals surface area contributed by atoms with Crippen LogP contribution in [0.25, 0.3) is 0 Å². The maximum atomic E-state index is 13.7. The first-order valence-corrected chi connectivity index (χ1v) is 15.8. The van der Waals surface area contributed by atoms with Crippen LogP contribution in [-0.4, -0.2) is 60.9 Å². The highest BCUT2D eigenvalue weighted by Crippen LogP contribution is 2.19. The van der Waals surface area contributed by atoms with E-state index in [-0.39, 0.29) is 23.9 Å². The fraction of sp³-hybridized carbons (Fsp3) is 0.433. The van der Waals surface area contributed by atoms with Crippen molar-refractivity contribution >= 4 is 31.9 Å². The highest BCUT2D eigenvalue weighted by atomic mass is 79.9. The first-order valence-electron chi connectivity index (χ1n) is 13.5. The average molecular weight is 619 g/mol. The van der Waals surface area contributed by atoms with Gasteiger partial charge in [-0.15, -0.1) is 0 Å². The van der Waals surface area contributed by atoms with Crippen LogP contribution in [0.5, 0.6) is 0 Å². The van der Waals surface area contributed by atoms with E-state index in [2.05, 4.69) is 39.6 Å². The molecule has 0 atom stereocenters. The number of nitrogens with zero attached hydrogens (tertiary/aromatic N) is 3. The Morgan fingerprint density at radius 3 is 2.36 bits per heavy atom. The Kier molecular flexibility index (Phi) is 12.2. The van der Waals surface area contributed by atoms with Crippen molar-refractivity contribution in [1.82, 2.24) is 13.8 Å². The third-order valence-corrected chi connectivity index (χ3v) is 8.94. The number of aromatic nitrogens is 1. The van der Waals surface area contributed by atoms with E-state index in [0.29, 0.717) is 39.3 Å². The molecule has 2 aromatic carbocycles. The Bertz CT molecular complexity index is 1270. The summed E-state index contributed by atoms with van der Waals surface area (Å²) in [4.78, 5) is 15.7. The highest BCUT2D eigenvalue weighted by molar-refractivity contribution is 9.10. The summed E-state index contributed by atoms with van der Waals surface area (Å²) < 4.78 is 37.1. The molecule has 0 fully saturated rings. The van der Waals surface area contributed by atoms with E-state index in [1.165, 1.54) is 4.31 Å². The number of unbranched alkanes of at least 4 members (excludes halogenated alkanes) is 1. The molecule has 39 heavy (non-hydrogen) atoms. The fourth-order valence-electron chi connectivity index (χ4n) is 4.25. The van der Waals surface area contributed by atoms with Gasteiger partial charge < -0.3 is 14.2 Å². The minimum atomic E-state index is -3.85. The molecule has 3 aromatic rings. The monoisotopic (exact) mass is 617 g/mol. The maximum absolute atomic E-state index is 13.7. The van der Waals surface area contributed by atoms with Crippen molar-refractivity contribution in [2.75, 3.05) is 32.8 Å². The first-order chi connectivity index (χ1) is 18.7. The number of hydrogen-bond donors (Lipinski definition) is 0. The summed E-state index contributed by atoms with van der Waals surface area (Å²) in [6.07, 6.45) is 4.30. The van der Waals surface area contributed by atoms with Gasteiger partial charge >= 0.3 is 0 Å². The molecule has 212 valence electrons. The van der Waals surface area contributed by atoms with Gasteiger partial charge in [0.1, 0.15) is 0 Å². The zero-order valence-electron chi connectivity index (χ0n) is 23.2. The van der Waals surface area contributed by atoms with Crippen molar-refractivity contribution in [1.29, 1.82) is 0 Å². The molecule has 0 bridgehead atoms.